The van der Waals surface area contributed by atoms with Crippen LogP contribution in [0.25, 0.3) is 22.4 Å². The fraction of sp³-hybridized carbons (Fsp3) is 0.143. The smallest absolute Gasteiger partial charge is 0.319 e. The minimum atomic E-state index is -0.336. The van der Waals surface area contributed by atoms with Gasteiger partial charge in [-0.25, -0.2) is 9.97 Å². The van der Waals surface area contributed by atoms with Crippen LogP contribution in [0.1, 0.15) is 11.3 Å². The summed E-state index contributed by atoms with van der Waals surface area (Å²) in [7, 11) is 1.35. The Hall–Kier alpha value is -4.47. The number of ether oxygens (including phenoxy) is 2. The number of aromatic nitrogens is 3. The molecule has 0 unspecified atom stereocenters. The molecule has 0 saturated carbocycles. The average Bonchev–Trinajstić information content (AvgIpc) is 3.42. The van der Waals surface area contributed by atoms with Crippen LogP contribution in [0, 0.1) is 0 Å². The van der Waals surface area contributed by atoms with Crippen molar-refractivity contribution < 1.29 is 18.7 Å². The summed E-state index contributed by atoms with van der Waals surface area (Å²) in [6.45, 7) is 1.01. The number of esters is 1. The number of carbonyl (C=O) groups is 1. The summed E-state index contributed by atoms with van der Waals surface area (Å²) in [4.78, 5) is 24.5. The van der Waals surface area contributed by atoms with E-state index in [1.165, 1.54) is 13.4 Å². The molecule has 0 radical (unpaired) electrons. The molecule has 0 aliphatic rings. The van der Waals surface area contributed by atoms with Crippen LogP contribution in [-0.2, 0) is 22.7 Å². The molecule has 0 spiro atoms. The molecule has 5 aromatic rings. The molecule has 0 aliphatic heterocycles. The molecule has 2 aromatic carbocycles. The summed E-state index contributed by atoms with van der Waals surface area (Å²) in [6.07, 6.45) is 3.19. The number of rotatable bonds is 10. The molecule has 194 valence electrons. The van der Waals surface area contributed by atoms with E-state index < -0.39 is 0 Å². The number of hydrogen-bond acceptors (Lipinski definition) is 9. The highest BCUT2D eigenvalue weighted by molar-refractivity contribution is 5.92. The first-order chi connectivity index (χ1) is 18.2. The van der Waals surface area contributed by atoms with Crippen molar-refractivity contribution in [2.75, 3.05) is 19.0 Å². The van der Waals surface area contributed by atoms with Gasteiger partial charge in [0, 0.05) is 11.1 Å². The number of benzene rings is 2. The van der Waals surface area contributed by atoms with Gasteiger partial charge in [0.15, 0.2) is 5.76 Å². The van der Waals surface area contributed by atoms with Gasteiger partial charge in [-0.05, 0) is 48.0 Å². The summed E-state index contributed by atoms with van der Waals surface area (Å²) in [5.74, 6) is 2.38. The first kappa shape index (κ1) is 26.6. The Morgan fingerprint density at radius 1 is 0.974 bits per heavy atom. The second kappa shape index (κ2) is 12.7. The molecule has 0 atom stereocenters. The number of halogens is 1. The molecule has 0 aliphatic carbocycles. The second-order valence-electron chi connectivity index (χ2n) is 8.18. The fourth-order valence-electron chi connectivity index (χ4n) is 3.68. The maximum absolute atomic E-state index is 11.3. The van der Waals surface area contributed by atoms with Crippen molar-refractivity contribution >= 4 is 40.8 Å². The van der Waals surface area contributed by atoms with E-state index in [2.05, 4.69) is 30.3 Å². The second-order valence-corrected chi connectivity index (χ2v) is 8.18. The van der Waals surface area contributed by atoms with Gasteiger partial charge in [-0.15, -0.1) is 12.4 Å². The first-order valence-electron chi connectivity index (χ1n) is 11.7. The van der Waals surface area contributed by atoms with Crippen molar-refractivity contribution in [3.63, 3.8) is 0 Å². The van der Waals surface area contributed by atoms with Gasteiger partial charge < -0.3 is 19.2 Å². The number of furan rings is 1. The SMILES string of the molecule is COC(=O)CNCc1ccc(-c2cc3c(Nc4ccc(OCc5ccccc5)cc4)ncnc3cn2)o1.Cl. The number of hydrogen-bond donors (Lipinski definition) is 2. The molecule has 9 nitrogen and oxygen atoms in total. The first-order valence-corrected chi connectivity index (χ1v) is 11.7. The van der Waals surface area contributed by atoms with Crippen LogP contribution in [0.5, 0.6) is 5.75 Å². The standard InChI is InChI=1S/C28H25N5O4.ClH/c1-35-27(34)16-29-14-22-11-12-26(37-22)24-13-23-25(15-30-24)31-18-32-28(23)33-20-7-9-21(10-8-20)36-17-19-5-3-2-4-6-19;/h2-13,15,18,29H,14,16-17H2,1H3,(H,31,32,33);1H. The average molecular weight is 532 g/mol. The van der Waals surface area contributed by atoms with Gasteiger partial charge in [0.25, 0.3) is 0 Å². The molecular formula is C28H26ClN5O4. The third-order valence-electron chi connectivity index (χ3n) is 5.60. The number of methoxy groups -OCH3 is 1. The van der Waals surface area contributed by atoms with Crippen molar-refractivity contribution in [1.29, 1.82) is 0 Å². The van der Waals surface area contributed by atoms with Gasteiger partial charge in [0.1, 0.15) is 36.0 Å². The highest BCUT2D eigenvalue weighted by Gasteiger charge is 2.11. The Balaban J connectivity index is 0.00000336. The van der Waals surface area contributed by atoms with E-state index in [0.29, 0.717) is 41.7 Å². The van der Waals surface area contributed by atoms with E-state index in [4.69, 9.17) is 9.15 Å². The van der Waals surface area contributed by atoms with Crippen molar-refractivity contribution in [3.05, 3.63) is 96.6 Å². The Kier molecular flexibility index (Phi) is 8.86. The molecule has 3 heterocycles. The molecule has 0 saturated heterocycles. The van der Waals surface area contributed by atoms with Crippen molar-refractivity contribution in [3.8, 4) is 17.2 Å². The van der Waals surface area contributed by atoms with Crippen LogP contribution < -0.4 is 15.4 Å². The van der Waals surface area contributed by atoms with Crippen molar-refractivity contribution in [1.82, 2.24) is 20.3 Å². The summed E-state index contributed by atoms with van der Waals surface area (Å²) >= 11 is 0. The zero-order valence-corrected chi connectivity index (χ0v) is 21.4. The third-order valence-corrected chi connectivity index (χ3v) is 5.60. The molecular weight excluding hydrogens is 506 g/mol. The van der Waals surface area contributed by atoms with Gasteiger partial charge in [0.2, 0.25) is 0 Å². The summed E-state index contributed by atoms with van der Waals surface area (Å²) in [5, 5.41) is 7.14. The van der Waals surface area contributed by atoms with E-state index in [9.17, 15) is 4.79 Å². The molecule has 0 amide bonds. The van der Waals surface area contributed by atoms with Gasteiger partial charge >= 0.3 is 5.97 Å². The zero-order valence-electron chi connectivity index (χ0n) is 20.6. The van der Waals surface area contributed by atoms with Gasteiger partial charge in [-0.1, -0.05) is 30.3 Å². The van der Waals surface area contributed by atoms with Crippen LogP contribution in [0.2, 0.25) is 0 Å². The normalized spacial score (nSPS) is 10.6. The van der Waals surface area contributed by atoms with E-state index in [-0.39, 0.29) is 24.9 Å². The topological polar surface area (TPSA) is 111 Å². The van der Waals surface area contributed by atoms with Crippen LogP contribution in [0.15, 0.2) is 89.7 Å². The predicted octanol–water partition coefficient (Wildman–Crippen LogP) is 5.29. The summed E-state index contributed by atoms with van der Waals surface area (Å²) in [6, 6.07) is 23.3. The number of carbonyl (C=O) groups excluding carboxylic acids is 1. The van der Waals surface area contributed by atoms with Gasteiger partial charge in [-0.3, -0.25) is 15.1 Å². The molecule has 3 aromatic heterocycles. The maximum atomic E-state index is 11.3. The minimum Gasteiger partial charge on any atom is -0.489 e. The Labute approximate surface area is 225 Å². The van der Waals surface area contributed by atoms with Crippen molar-refractivity contribution in [2.45, 2.75) is 13.2 Å². The van der Waals surface area contributed by atoms with E-state index in [0.717, 1.165) is 22.4 Å². The van der Waals surface area contributed by atoms with E-state index >= 15 is 0 Å². The highest BCUT2D eigenvalue weighted by atomic mass is 35.5. The Morgan fingerprint density at radius 3 is 2.58 bits per heavy atom. The summed E-state index contributed by atoms with van der Waals surface area (Å²) < 4.78 is 16.4. The summed E-state index contributed by atoms with van der Waals surface area (Å²) in [5.41, 5.74) is 3.33. The van der Waals surface area contributed by atoms with Crippen LogP contribution in [-0.4, -0.2) is 34.6 Å². The molecule has 38 heavy (non-hydrogen) atoms. The minimum absolute atomic E-state index is 0. The van der Waals surface area contributed by atoms with E-state index in [1.54, 1.807) is 6.20 Å². The van der Waals surface area contributed by atoms with Crippen LogP contribution >= 0.6 is 12.4 Å². The lowest BCUT2D eigenvalue weighted by molar-refractivity contribution is -0.139. The molecule has 0 fully saturated rings. The maximum Gasteiger partial charge on any atom is 0.319 e. The zero-order chi connectivity index (χ0) is 25.5. The number of anilines is 2. The largest absolute Gasteiger partial charge is 0.489 e. The molecule has 2 N–H and O–H groups in total. The number of nitrogens with one attached hydrogen (secondary N) is 2. The molecule has 10 heteroatoms. The molecule has 0 bridgehead atoms. The predicted molar refractivity (Wildman–Crippen MR) is 147 cm³/mol. The monoisotopic (exact) mass is 531 g/mol. The lowest BCUT2D eigenvalue weighted by Gasteiger charge is -2.10. The van der Waals surface area contributed by atoms with E-state index in [1.807, 2.05) is 72.8 Å². The Bertz CT molecular complexity index is 1490. The van der Waals surface area contributed by atoms with Crippen molar-refractivity contribution in [2.24, 2.45) is 0 Å². The van der Waals surface area contributed by atoms with Gasteiger partial charge in [-0.2, -0.15) is 0 Å². The molecule has 5 rings (SSSR count). The number of nitrogens with zero attached hydrogens (tertiary/aromatic N) is 3. The fourth-order valence-corrected chi connectivity index (χ4v) is 3.68. The van der Waals surface area contributed by atoms with Gasteiger partial charge in [0.05, 0.1) is 31.9 Å². The third kappa shape index (κ3) is 6.64. The van der Waals surface area contributed by atoms with Crippen LogP contribution in [0.3, 0.4) is 0 Å². The van der Waals surface area contributed by atoms with Crippen LogP contribution in [0.4, 0.5) is 11.5 Å². The number of fused-ring (bicyclic) bond motifs is 1. The Morgan fingerprint density at radius 2 is 1.79 bits per heavy atom. The number of pyridine rings is 1. The lowest BCUT2D eigenvalue weighted by Crippen LogP contribution is -2.23. The highest BCUT2D eigenvalue weighted by Crippen LogP contribution is 2.28. The quantitative estimate of drug-likeness (QED) is 0.232. The lowest BCUT2D eigenvalue weighted by atomic mass is 10.2.